The number of nitrogens with one attached hydrogen (secondary N) is 1. The second kappa shape index (κ2) is 5.01. The van der Waals surface area contributed by atoms with Crippen molar-refractivity contribution in [1.29, 1.82) is 0 Å². The molecule has 0 bridgehead atoms. The summed E-state index contributed by atoms with van der Waals surface area (Å²) in [4.78, 5) is 11.8. The number of hydrogen-bond donors (Lipinski definition) is 2. The highest BCUT2D eigenvalue weighted by Gasteiger charge is 2.30. The van der Waals surface area contributed by atoms with Gasteiger partial charge in [-0.25, -0.2) is 0 Å². The van der Waals surface area contributed by atoms with E-state index in [1.54, 1.807) is 13.8 Å². The van der Waals surface area contributed by atoms with E-state index in [1.165, 1.54) is 18.3 Å². The van der Waals surface area contributed by atoms with Crippen molar-refractivity contribution >= 4 is 5.91 Å². The first-order valence-electron chi connectivity index (χ1n) is 5.30. The molecule has 0 fully saturated rings. The van der Waals surface area contributed by atoms with E-state index in [9.17, 15) is 18.0 Å². The minimum Gasteiger partial charge on any atom is -0.394 e. The highest BCUT2D eigenvalue weighted by Crippen LogP contribution is 2.19. The number of carbonyl (C=O) groups excluding carboxylic acids is 1. The Kier molecular flexibility index (Phi) is 4.05. The molecular weight excluding hydrogens is 249 g/mol. The molecule has 0 aliphatic rings. The summed E-state index contributed by atoms with van der Waals surface area (Å²) in [6.45, 7) is 1.62. The van der Waals surface area contributed by atoms with Gasteiger partial charge in [0, 0.05) is 6.20 Å². The molecule has 0 saturated carbocycles. The Hall–Kier alpha value is -1.50. The van der Waals surface area contributed by atoms with Crippen molar-refractivity contribution in [3.05, 3.63) is 24.0 Å². The molecular formula is C11H15F3N2O2. The number of carbonyl (C=O) groups is 1. The molecule has 0 spiro atoms. The Labute approximate surface area is 102 Å². The summed E-state index contributed by atoms with van der Waals surface area (Å²) in [5.41, 5.74) is -0.974. The van der Waals surface area contributed by atoms with Gasteiger partial charge in [-0.1, -0.05) is 0 Å². The molecule has 0 unspecified atom stereocenters. The first kappa shape index (κ1) is 14.6. The number of halogens is 3. The third-order valence-corrected chi connectivity index (χ3v) is 2.26. The fourth-order valence-electron chi connectivity index (χ4n) is 1.36. The minimum atomic E-state index is -4.39. The van der Waals surface area contributed by atoms with Crippen LogP contribution in [0.15, 0.2) is 18.3 Å². The van der Waals surface area contributed by atoms with Crippen molar-refractivity contribution < 1.29 is 23.1 Å². The largest absolute Gasteiger partial charge is 0.406 e. The average molecular weight is 264 g/mol. The number of aliphatic hydroxyl groups is 1. The van der Waals surface area contributed by atoms with Gasteiger partial charge in [-0.15, -0.1) is 0 Å². The van der Waals surface area contributed by atoms with Crippen molar-refractivity contribution in [2.75, 3.05) is 6.61 Å². The third-order valence-electron chi connectivity index (χ3n) is 2.26. The molecule has 0 radical (unpaired) electrons. The smallest absolute Gasteiger partial charge is 0.394 e. The lowest BCUT2D eigenvalue weighted by Crippen LogP contribution is -2.46. The summed E-state index contributed by atoms with van der Waals surface area (Å²) in [6, 6.07) is 2.67. The highest BCUT2D eigenvalue weighted by molar-refractivity contribution is 5.93. The molecule has 1 aromatic heterocycles. The molecule has 1 aromatic rings. The first-order chi connectivity index (χ1) is 8.14. The first-order valence-corrected chi connectivity index (χ1v) is 5.30. The van der Waals surface area contributed by atoms with E-state index >= 15 is 0 Å². The predicted molar refractivity (Wildman–Crippen MR) is 59.1 cm³/mol. The standard InChI is InChI=1S/C11H15F3N2O2/c1-10(2,7-17)15-9(18)8-4-3-5-16(8)6-11(12,13)14/h3-5,17H,6-7H2,1-2H3,(H,15,18). The van der Waals surface area contributed by atoms with Crippen molar-refractivity contribution in [3.63, 3.8) is 0 Å². The molecule has 1 heterocycles. The van der Waals surface area contributed by atoms with Gasteiger partial charge >= 0.3 is 6.18 Å². The van der Waals surface area contributed by atoms with Crippen LogP contribution in [0.25, 0.3) is 0 Å². The van der Waals surface area contributed by atoms with Crippen LogP contribution in [0, 0.1) is 0 Å². The Balaban J connectivity index is 2.85. The molecule has 0 aromatic carbocycles. The second-order valence-electron chi connectivity index (χ2n) is 4.63. The van der Waals surface area contributed by atoms with E-state index < -0.39 is 24.2 Å². The van der Waals surface area contributed by atoms with Crippen LogP contribution in [0.2, 0.25) is 0 Å². The molecule has 0 saturated heterocycles. The number of rotatable bonds is 4. The van der Waals surface area contributed by atoms with Gasteiger partial charge in [-0.2, -0.15) is 13.2 Å². The molecule has 4 nitrogen and oxygen atoms in total. The lowest BCUT2D eigenvalue weighted by Gasteiger charge is -2.23. The van der Waals surface area contributed by atoms with Crippen LogP contribution in [-0.4, -0.2) is 33.9 Å². The molecule has 0 atom stereocenters. The van der Waals surface area contributed by atoms with E-state index in [2.05, 4.69) is 5.32 Å². The van der Waals surface area contributed by atoms with Crippen LogP contribution in [0.5, 0.6) is 0 Å². The lowest BCUT2D eigenvalue weighted by molar-refractivity contribution is -0.140. The van der Waals surface area contributed by atoms with Gasteiger partial charge in [0.25, 0.3) is 5.91 Å². The summed E-state index contributed by atoms with van der Waals surface area (Å²) in [7, 11) is 0. The van der Waals surface area contributed by atoms with Crippen LogP contribution >= 0.6 is 0 Å². The fraction of sp³-hybridized carbons (Fsp3) is 0.545. The average Bonchev–Trinajstić information content (AvgIpc) is 2.62. The third kappa shape index (κ3) is 4.06. The van der Waals surface area contributed by atoms with E-state index in [4.69, 9.17) is 5.11 Å². The van der Waals surface area contributed by atoms with Gasteiger partial charge in [0.05, 0.1) is 12.1 Å². The Morgan fingerprint density at radius 1 is 1.44 bits per heavy atom. The number of nitrogens with zero attached hydrogens (tertiary/aromatic N) is 1. The quantitative estimate of drug-likeness (QED) is 0.867. The molecule has 0 aliphatic heterocycles. The number of alkyl halides is 3. The molecule has 7 heteroatoms. The van der Waals surface area contributed by atoms with E-state index in [-0.39, 0.29) is 12.3 Å². The van der Waals surface area contributed by atoms with Gasteiger partial charge in [-0.05, 0) is 26.0 Å². The summed E-state index contributed by atoms with van der Waals surface area (Å²) in [5.74, 6) is -0.650. The van der Waals surface area contributed by atoms with E-state index in [0.29, 0.717) is 0 Å². The Morgan fingerprint density at radius 2 is 2.06 bits per heavy atom. The van der Waals surface area contributed by atoms with Crippen molar-refractivity contribution in [3.8, 4) is 0 Å². The van der Waals surface area contributed by atoms with Crippen LogP contribution in [0.3, 0.4) is 0 Å². The number of aromatic nitrogens is 1. The molecule has 18 heavy (non-hydrogen) atoms. The van der Waals surface area contributed by atoms with Gasteiger partial charge in [0.1, 0.15) is 12.2 Å². The van der Waals surface area contributed by atoms with Crippen LogP contribution in [0.1, 0.15) is 24.3 Å². The zero-order valence-corrected chi connectivity index (χ0v) is 10.1. The predicted octanol–water partition coefficient (Wildman–Crippen LogP) is 1.55. The summed E-state index contributed by atoms with van der Waals surface area (Å²) < 4.78 is 37.6. The normalized spacial score (nSPS) is 12.6. The topological polar surface area (TPSA) is 54.3 Å². The van der Waals surface area contributed by atoms with Gasteiger partial charge in [0.15, 0.2) is 0 Å². The zero-order chi connectivity index (χ0) is 14.0. The molecule has 102 valence electrons. The Bertz CT molecular complexity index is 424. The molecule has 1 amide bonds. The summed E-state index contributed by atoms with van der Waals surface area (Å²) in [6.07, 6.45) is -3.20. The summed E-state index contributed by atoms with van der Waals surface area (Å²) in [5, 5.41) is 11.5. The van der Waals surface area contributed by atoms with E-state index in [1.807, 2.05) is 0 Å². The fourth-order valence-corrected chi connectivity index (χ4v) is 1.36. The molecule has 1 rings (SSSR count). The van der Waals surface area contributed by atoms with Crippen LogP contribution < -0.4 is 5.32 Å². The Morgan fingerprint density at radius 3 is 2.56 bits per heavy atom. The van der Waals surface area contributed by atoms with Crippen molar-refractivity contribution in [2.45, 2.75) is 32.1 Å². The minimum absolute atomic E-state index is 0.0890. The van der Waals surface area contributed by atoms with Crippen molar-refractivity contribution in [1.82, 2.24) is 9.88 Å². The SMILES string of the molecule is CC(C)(CO)NC(=O)c1cccn1CC(F)(F)F. The van der Waals surface area contributed by atoms with Crippen LogP contribution in [-0.2, 0) is 6.54 Å². The molecule has 2 N–H and O–H groups in total. The van der Waals surface area contributed by atoms with E-state index in [0.717, 1.165) is 4.57 Å². The van der Waals surface area contributed by atoms with Gasteiger partial charge in [-0.3, -0.25) is 4.79 Å². The maximum atomic E-state index is 12.3. The number of hydrogen-bond acceptors (Lipinski definition) is 2. The summed E-state index contributed by atoms with van der Waals surface area (Å²) >= 11 is 0. The number of amides is 1. The maximum absolute atomic E-state index is 12.3. The molecule has 0 aliphatic carbocycles. The monoisotopic (exact) mass is 264 g/mol. The lowest BCUT2D eigenvalue weighted by atomic mass is 10.1. The zero-order valence-electron chi connectivity index (χ0n) is 10.1. The van der Waals surface area contributed by atoms with Crippen molar-refractivity contribution in [2.24, 2.45) is 0 Å². The number of aliphatic hydroxyl groups excluding tert-OH is 1. The van der Waals surface area contributed by atoms with Crippen LogP contribution in [0.4, 0.5) is 13.2 Å². The van der Waals surface area contributed by atoms with Gasteiger partial charge in [0.2, 0.25) is 0 Å². The van der Waals surface area contributed by atoms with Gasteiger partial charge < -0.3 is 15.0 Å². The highest BCUT2D eigenvalue weighted by atomic mass is 19.4. The maximum Gasteiger partial charge on any atom is 0.406 e. The second-order valence-corrected chi connectivity index (χ2v) is 4.63.